The summed E-state index contributed by atoms with van der Waals surface area (Å²) in [6, 6.07) is 5.49. The van der Waals surface area contributed by atoms with Gasteiger partial charge in [-0.3, -0.25) is 10.2 Å². The van der Waals surface area contributed by atoms with Crippen molar-refractivity contribution < 1.29 is 18.0 Å². The van der Waals surface area contributed by atoms with Gasteiger partial charge >= 0.3 is 6.18 Å². The summed E-state index contributed by atoms with van der Waals surface area (Å²) in [7, 11) is 0. The lowest BCUT2D eigenvalue weighted by molar-refractivity contribution is -0.138. The minimum Gasteiger partial charge on any atom is -0.334 e. The van der Waals surface area contributed by atoms with Gasteiger partial charge in [-0.2, -0.15) is 13.2 Å². The first kappa shape index (κ1) is 17.8. The molecule has 1 amide bonds. The van der Waals surface area contributed by atoms with E-state index < -0.39 is 11.7 Å². The number of amides is 1. The second-order valence-corrected chi connectivity index (χ2v) is 7.71. The number of nitrogens with one attached hydrogen (secondary N) is 2. The van der Waals surface area contributed by atoms with Gasteiger partial charge in [0.25, 0.3) is 0 Å². The van der Waals surface area contributed by atoms with Crippen molar-refractivity contribution in [2.45, 2.75) is 69.4 Å². The number of fused-ring (bicyclic) bond motifs is 1. The van der Waals surface area contributed by atoms with E-state index in [2.05, 4.69) is 10.9 Å². The number of carbonyl (C=O) groups is 1. The number of alkyl halides is 3. The molecule has 26 heavy (non-hydrogen) atoms. The lowest BCUT2D eigenvalue weighted by atomic mass is 9.81. The van der Waals surface area contributed by atoms with Crippen LogP contribution in [0.15, 0.2) is 24.3 Å². The molecule has 2 saturated carbocycles. The van der Waals surface area contributed by atoms with Crippen molar-refractivity contribution in [3.8, 4) is 0 Å². The fraction of sp³-hybridized carbons (Fsp3) is 0.632. The minimum absolute atomic E-state index is 0.0781. The van der Waals surface area contributed by atoms with Crippen molar-refractivity contribution in [2.24, 2.45) is 5.92 Å². The quantitative estimate of drug-likeness (QED) is 0.859. The summed E-state index contributed by atoms with van der Waals surface area (Å²) in [5, 5.41) is 0. The average molecular weight is 367 g/mol. The first-order chi connectivity index (χ1) is 12.4. The van der Waals surface area contributed by atoms with E-state index in [-0.39, 0.29) is 18.0 Å². The Labute approximate surface area is 151 Å². The third-order valence-electron chi connectivity index (χ3n) is 5.84. The molecule has 0 aromatic heterocycles. The highest BCUT2D eigenvalue weighted by Crippen LogP contribution is 2.35. The summed E-state index contributed by atoms with van der Waals surface area (Å²) in [5.41, 5.74) is 6.54. The Kier molecular flexibility index (Phi) is 4.69. The average Bonchev–Trinajstić information content (AvgIpc) is 3.37. The van der Waals surface area contributed by atoms with Crippen molar-refractivity contribution in [1.29, 1.82) is 0 Å². The molecule has 3 unspecified atom stereocenters. The molecule has 1 aromatic rings. The molecule has 3 atom stereocenters. The predicted octanol–water partition coefficient (Wildman–Crippen LogP) is 3.23. The van der Waals surface area contributed by atoms with Crippen LogP contribution in [0.1, 0.15) is 49.7 Å². The molecule has 1 heterocycles. The summed E-state index contributed by atoms with van der Waals surface area (Å²) >= 11 is 0. The number of halogens is 3. The molecule has 3 aliphatic rings. The van der Waals surface area contributed by atoms with Crippen LogP contribution in [0.5, 0.6) is 0 Å². The van der Waals surface area contributed by atoms with Crippen molar-refractivity contribution in [2.75, 3.05) is 0 Å². The van der Waals surface area contributed by atoms with Crippen LogP contribution in [0, 0.1) is 5.92 Å². The van der Waals surface area contributed by atoms with Crippen molar-refractivity contribution in [1.82, 2.24) is 15.8 Å². The smallest absolute Gasteiger partial charge is 0.334 e. The van der Waals surface area contributed by atoms with Gasteiger partial charge in [0, 0.05) is 24.5 Å². The van der Waals surface area contributed by atoms with Gasteiger partial charge in [0.2, 0.25) is 5.91 Å². The summed E-state index contributed by atoms with van der Waals surface area (Å²) in [6.45, 7) is 0.372. The Bertz CT molecular complexity index is 657. The molecule has 0 radical (unpaired) electrons. The molecule has 0 spiro atoms. The Morgan fingerprint density at radius 3 is 2.38 bits per heavy atom. The molecule has 0 bridgehead atoms. The molecule has 1 saturated heterocycles. The van der Waals surface area contributed by atoms with Gasteiger partial charge in [0.1, 0.15) is 6.04 Å². The molecule has 4 rings (SSSR count). The van der Waals surface area contributed by atoms with Gasteiger partial charge in [0.05, 0.1) is 5.56 Å². The second kappa shape index (κ2) is 6.85. The molecule has 7 heteroatoms. The second-order valence-electron chi connectivity index (χ2n) is 7.71. The molecule has 142 valence electrons. The van der Waals surface area contributed by atoms with Gasteiger partial charge in [-0.1, -0.05) is 25.0 Å². The topological polar surface area (TPSA) is 44.4 Å². The first-order valence-corrected chi connectivity index (χ1v) is 9.41. The van der Waals surface area contributed by atoms with Crippen LogP contribution in [-0.2, 0) is 17.5 Å². The summed E-state index contributed by atoms with van der Waals surface area (Å²) < 4.78 is 38.2. The van der Waals surface area contributed by atoms with E-state index >= 15 is 0 Å². The number of benzene rings is 1. The van der Waals surface area contributed by atoms with Crippen LogP contribution >= 0.6 is 0 Å². The van der Waals surface area contributed by atoms with E-state index in [0.29, 0.717) is 18.5 Å². The minimum atomic E-state index is -4.33. The van der Waals surface area contributed by atoms with Crippen LogP contribution in [0.25, 0.3) is 0 Å². The van der Waals surface area contributed by atoms with Gasteiger partial charge in [-0.05, 0) is 43.4 Å². The number of carbonyl (C=O) groups excluding carboxylic acids is 1. The summed E-state index contributed by atoms with van der Waals surface area (Å²) in [6.07, 6.45) is 2.08. The highest BCUT2D eigenvalue weighted by Gasteiger charge is 2.45. The largest absolute Gasteiger partial charge is 0.416 e. The van der Waals surface area contributed by atoms with Crippen molar-refractivity contribution >= 4 is 5.91 Å². The number of hydrogen-bond acceptors (Lipinski definition) is 3. The van der Waals surface area contributed by atoms with Gasteiger partial charge in [0.15, 0.2) is 0 Å². The van der Waals surface area contributed by atoms with E-state index in [1.807, 2.05) is 4.90 Å². The van der Waals surface area contributed by atoms with Crippen molar-refractivity contribution in [3.05, 3.63) is 35.4 Å². The number of hydrogen-bond donors (Lipinski definition) is 2. The monoisotopic (exact) mass is 367 g/mol. The summed E-state index contributed by atoms with van der Waals surface area (Å²) in [4.78, 5) is 15.0. The molecular formula is C19H24F3N3O. The van der Waals surface area contributed by atoms with E-state index in [1.165, 1.54) is 18.6 Å². The van der Waals surface area contributed by atoms with Crippen LogP contribution in [-0.4, -0.2) is 28.9 Å². The van der Waals surface area contributed by atoms with E-state index in [1.54, 1.807) is 0 Å². The summed E-state index contributed by atoms with van der Waals surface area (Å²) in [5.74, 6) is 0.388. The van der Waals surface area contributed by atoms with E-state index in [4.69, 9.17) is 0 Å². The fourth-order valence-corrected chi connectivity index (χ4v) is 4.23. The van der Waals surface area contributed by atoms with Gasteiger partial charge in [-0.15, -0.1) is 0 Å². The van der Waals surface area contributed by atoms with E-state index in [0.717, 1.165) is 49.8 Å². The van der Waals surface area contributed by atoms with E-state index in [9.17, 15) is 18.0 Å². The molecular weight excluding hydrogens is 343 g/mol. The van der Waals surface area contributed by atoms with Crippen molar-refractivity contribution in [3.63, 3.8) is 0 Å². The highest BCUT2D eigenvalue weighted by atomic mass is 19.4. The normalized spacial score (nSPS) is 28.7. The zero-order chi connectivity index (χ0) is 18.3. The third kappa shape index (κ3) is 3.60. The Hall–Kier alpha value is -1.60. The predicted molar refractivity (Wildman–Crippen MR) is 90.8 cm³/mol. The first-order valence-electron chi connectivity index (χ1n) is 9.41. The van der Waals surface area contributed by atoms with Crippen LogP contribution in [0.3, 0.4) is 0 Å². The number of nitrogens with zero attached hydrogens (tertiary/aromatic N) is 1. The van der Waals surface area contributed by atoms with Gasteiger partial charge in [-0.25, -0.2) is 5.43 Å². The lowest BCUT2D eigenvalue weighted by Gasteiger charge is -2.31. The third-order valence-corrected chi connectivity index (χ3v) is 5.84. The molecule has 2 aliphatic carbocycles. The molecule has 1 aliphatic heterocycles. The lowest BCUT2D eigenvalue weighted by Crippen LogP contribution is -2.48. The Morgan fingerprint density at radius 2 is 1.73 bits per heavy atom. The SMILES string of the molecule is O=C(C1NNC2CCCCC21)N(Cc1ccc(C(F)(F)F)cc1)C1CC1. The standard InChI is InChI=1S/C19H24F3N3O/c20-19(21,22)13-7-5-12(6-8-13)11-25(14-9-10-14)18(26)17-15-3-1-2-4-16(15)23-24-17/h5-8,14-17,23-24H,1-4,9-11H2. The number of hydrazine groups is 1. The highest BCUT2D eigenvalue weighted by molar-refractivity contribution is 5.83. The van der Waals surface area contributed by atoms with Crippen LogP contribution < -0.4 is 10.9 Å². The maximum absolute atomic E-state index is 13.2. The zero-order valence-corrected chi connectivity index (χ0v) is 14.6. The molecule has 3 fully saturated rings. The van der Waals surface area contributed by atoms with Crippen LogP contribution in [0.2, 0.25) is 0 Å². The Balaban J connectivity index is 1.47. The Morgan fingerprint density at radius 1 is 1.04 bits per heavy atom. The molecule has 2 N–H and O–H groups in total. The molecule has 4 nitrogen and oxygen atoms in total. The maximum atomic E-state index is 13.2. The van der Waals surface area contributed by atoms with Crippen LogP contribution in [0.4, 0.5) is 13.2 Å². The fourth-order valence-electron chi connectivity index (χ4n) is 4.23. The zero-order valence-electron chi connectivity index (χ0n) is 14.6. The van der Waals surface area contributed by atoms with Gasteiger partial charge < -0.3 is 4.90 Å². The molecule has 1 aromatic carbocycles. The number of rotatable bonds is 4. The maximum Gasteiger partial charge on any atom is 0.416 e.